The van der Waals surface area contributed by atoms with Crippen LogP contribution >= 0.6 is 11.6 Å². The van der Waals surface area contributed by atoms with E-state index in [1.54, 1.807) is 0 Å². The highest BCUT2D eigenvalue weighted by atomic mass is 35.5. The number of hydrogen-bond donors (Lipinski definition) is 0. The number of carbonyl (C=O) groups excluding carboxylic acids is 1. The molecule has 166 valence electrons. The Morgan fingerprint density at radius 1 is 1.16 bits per heavy atom. The molecule has 0 aliphatic carbocycles. The molecule has 0 spiro atoms. The van der Waals surface area contributed by atoms with Crippen LogP contribution < -0.4 is 4.74 Å². The maximum absolute atomic E-state index is 11.7. The molecule has 0 radical (unpaired) electrons. The molecule has 32 heavy (non-hydrogen) atoms. The lowest BCUT2D eigenvalue weighted by Crippen LogP contribution is -2.36. The Labute approximate surface area is 193 Å². The smallest absolute Gasteiger partial charge is 0.309 e. The Hall–Kier alpha value is -2.96. The summed E-state index contributed by atoms with van der Waals surface area (Å²) in [5, 5.41) is 0.714. The summed E-state index contributed by atoms with van der Waals surface area (Å²) in [5.41, 5.74) is 4.19. The standard InChI is InChI=1S/C25H26ClN3O3/c1-17(25(30)31-2)14-29-12-11-23-20(15-29)13-27-24(28-23)19-5-9-22(10-6-19)32-16-18-3-7-21(26)8-4-18/h3-10,13,17H,11-12,14-16H2,1-2H3. The second-order valence-electron chi connectivity index (χ2n) is 8.01. The maximum Gasteiger partial charge on any atom is 0.309 e. The fraction of sp³-hybridized carbons (Fsp3) is 0.320. The number of halogens is 1. The van der Waals surface area contributed by atoms with Crippen LogP contribution in [0.15, 0.2) is 54.7 Å². The molecular weight excluding hydrogens is 426 g/mol. The predicted molar refractivity (Wildman–Crippen MR) is 123 cm³/mol. The summed E-state index contributed by atoms with van der Waals surface area (Å²) >= 11 is 5.92. The topological polar surface area (TPSA) is 64.5 Å². The van der Waals surface area contributed by atoms with E-state index in [4.69, 9.17) is 26.1 Å². The fourth-order valence-corrected chi connectivity index (χ4v) is 3.91. The summed E-state index contributed by atoms with van der Waals surface area (Å²) in [7, 11) is 1.43. The number of nitrogens with zero attached hydrogens (tertiary/aromatic N) is 3. The summed E-state index contributed by atoms with van der Waals surface area (Å²) in [5.74, 6) is 1.17. The van der Waals surface area contributed by atoms with Gasteiger partial charge in [-0.25, -0.2) is 9.97 Å². The third-order valence-electron chi connectivity index (χ3n) is 5.58. The zero-order valence-corrected chi connectivity index (χ0v) is 19.0. The molecule has 0 bridgehead atoms. The van der Waals surface area contributed by atoms with Crippen molar-refractivity contribution in [3.8, 4) is 17.1 Å². The second kappa shape index (κ2) is 10.1. The molecule has 4 rings (SSSR count). The molecular formula is C25H26ClN3O3. The van der Waals surface area contributed by atoms with Crippen LogP contribution in [0.1, 0.15) is 23.7 Å². The molecule has 7 heteroatoms. The molecule has 2 heterocycles. The van der Waals surface area contributed by atoms with E-state index in [9.17, 15) is 4.79 Å². The number of hydrogen-bond acceptors (Lipinski definition) is 6. The Kier molecular flexibility index (Phi) is 7.02. The van der Waals surface area contributed by atoms with Gasteiger partial charge in [-0.2, -0.15) is 0 Å². The average molecular weight is 452 g/mol. The van der Waals surface area contributed by atoms with Crippen LogP contribution in [0.2, 0.25) is 5.02 Å². The molecule has 2 aromatic carbocycles. The van der Waals surface area contributed by atoms with E-state index in [-0.39, 0.29) is 11.9 Å². The molecule has 0 amide bonds. The molecule has 1 aliphatic heterocycles. The number of aromatic nitrogens is 2. The van der Waals surface area contributed by atoms with Crippen molar-refractivity contribution in [1.82, 2.24) is 14.9 Å². The Morgan fingerprint density at radius 2 is 1.91 bits per heavy atom. The third-order valence-corrected chi connectivity index (χ3v) is 5.83. The van der Waals surface area contributed by atoms with Crippen molar-refractivity contribution in [3.05, 3.63) is 76.6 Å². The number of rotatable bonds is 7. The first kappa shape index (κ1) is 22.2. The minimum atomic E-state index is -0.178. The first-order valence-electron chi connectivity index (χ1n) is 10.6. The predicted octanol–water partition coefficient (Wildman–Crippen LogP) is 4.54. The summed E-state index contributed by atoms with van der Waals surface area (Å²) in [6, 6.07) is 15.4. The molecule has 6 nitrogen and oxygen atoms in total. The molecule has 0 saturated carbocycles. The van der Waals surface area contributed by atoms with Crippen LogP contribution in [0.4, 0.5) is 0 Å². The molecule has 1 unspecified atom stereocenters. The summed E-state index contributed by atoms with van der Waals surface area (Å²) in [6.45, 7) is 4.66. The third kappa shape index (κ3) is 5.44. The fourth-order valence-electron chi connectivity index (χ4n) is 3.78. The van der Waals surface area contributed by atoms with Crippen molar-refractivity contribution >= 4 is 17.6 Å². The Bertz CT molecular complexity index is 1070. The molecule has 0 fully saturated rings. The van der Waals surface area contributed by atoms with Gasteiger partial charge in [-0.3, -0.25) is 9.69 Å². The lowest BCUT2D eigenvalue weighted by molar-refractivity contribution is -0.145. The highest BCUT2D eigenvalue weighted by Gasteiger charge is 2.23. The summed E-state index contributed by atoms with van der Waals surface area (Å²) in [4.78, 5) is 23.3. The van der Waals surface area contributed by atoms with Crippen LogP contribution in [-0.4, -0.2) is 41.0 Å². The van der Waals surface area contributed by atoms with Gasteiger partial charge < -0.3 is 9.47 Å². The van der Waals surface area contributed by atoms with Gasteiger partial charge in [0.15, 0.2) is 5.82 Å². The Morgan fingerprint density at radius 3 is 2.62 bits per heavy atom. The lowest BCUT2D eigenvalue weighted by atomic mass is 10.0. The van der Waals surface area contributed by atoms with Crippen molar-refractivity contribution < 1.29 is 14.3 Å². The number of benzene rings is 2. The summed E-state index contributed by atoms with van der Waals surface area (Å²) in [6.07, 6.45) is 2.73. The molecule has 1 aliphatic rings. The summed E-state index contributed by atoms with van der Waals surface area (Å²) < 4.78 is 10.7. The van der Waals surface area contributed by atoms with Crippen molar-refractivity contribution in [3.63, 3.8) is 0 Å². The molecule has 0 N–H and O–H groups in total. The van der Waals surface area contributed by atoms with Gasteiger partial charge in [-0.15, -0.1) is 0 Å². The largest absolute Gasteiger partial charge is 0.489 e. The van der Waals surface area contributed by atoms with Crippen molar-refractivity contribution in [2.45, 2.75) is 26.5 Å². The lowest BCUT2D eigenvalue weighted by Gasteiger charge is -2.29. The minimum Gasteiger partial charge on any atom is -0.489 e. The van der Waals surface area contributed by atoms with E-state index in [2.05, 4.69) is 9.88 Å². The van der Waals surface area contributed by atoms with E-state index in [1.807, 2.05) is 61.7 Å². The van der Waals surface area contributed by atoms with Crippen molar-refractivity contribution in [1.29, 1.82) is 0 Å². The van der Waals surface area contributed by atoms with Crippen LogP contribution in [0.25, 0.3) is 11.4 Å². The maximum atomic E-state index is 11.7. The normalized spacial score (nSPS) is 14.5. The van der Waals surface area contributed by atoms with Gasteiger partial charge in [0.05, 0.1) is 18.7 Å². The number of esters is 1. The second-order valence-corrected chi connectivity index (χ2v) is 8.45. The zero-order chi connectivity index (χ0) is 22.5. The first-order chi connectivity index (χ1) is 15.5. The van der Waals surface area contributed by atoms with E-state index in [0.717, 1.165) is 47.6 Å². The first-order valence-corrected chi connectivity index (χ1v) is 11.0. The minimum absolute atomic E-state index is 0.151. The van der Waals surface area contributed by atoms with Crippen molar-refractivity contribution in [2.24, 2.45) is 5.92 Å². The highest BCUT2D eigenvalue weighted by Crippen LogP contribution is 2.24. The molecule has 0 saturated heterocycles. The quantitative estimate of drug-likeness (QED) is 0.491. The zero-order valence-electron chi connectivity index (χ0n) is 18.3. The number of fused-ring (bicyclic) bond motifs is 1. The van der Waals surface area contributed by atoms with Gasteiger partial charge in [0.25, 0.3) is 0 Å². The van der Waals surface area contributed by atoms with Gasteiger partial charge in [-0.1, -0.05) is 30.7 Å². The molecule has 3 aromatic rings. The van der Waals surface area contributed by atoms with E-state index >= 15 is 0 Å². The van der Waals surface area contributed by atoms with Gasteiger partial charge >= 0.3 is 5.97 Å². The average Bonchev–Trinajstić information content (AvgIpc) is 2.83. The van der Waals surface area contributed by atoms with E-state index in [1.165, 1.54) is 7.11 Å². The van der Waals surface area contributed by atoms with Crippen molar-refractivity contribution in [2.75, 3.05) is 20.2 Å². The van der Waals surface area contributed by atoms with Crippen LogP contribution in [0.5, 0.6) is 5.75 Å². The van der Waals surface area contributed by atoms with E-state index < -0.39 is 0 Å². The Balaban J connectivity index is 1.37. The van der Waals surface area contributed by atoms with Gasteiger partial charge in [-0.05, 0) is 42.0 Å². The van der Waals surface area contributed by atoms with Crippen LogP contribution in [-0.2, 0) is 29.1 Å². The molecule has 1 atom stereocenters. The van der Waals surface area contributed by atoms with Crippen LogP contribution in [0, 0.1) is 5.92 Å². The highest BCUT2D eigenvalue weighted by molar-refractivity contribution is 6.30. The van der Waals surface area contributed by atoms with Crippen LogP contribution in [0.3, 0.4) is 0 Å². The van der Waals surface area contributed by atoms with Gasteiger partial charge in [0.1, 0.15) is 12.4 Å². The van der Waals surface area contributed by atoms with Gasteiger partial charge in [0.2, 0.25) is 0 Å². The monoisotopic (exact) mass is 451 g/mol. The number of ether oxygens (including phenoxy) is 2. The number of methoxy groups -OCH3 is 1. The van der Waals surface area contributed by atoms with Gasteiger partial charge in [0, 0.05) is 48.4 Å². The van der Waals surface area contributed by atoms with E-state index in [0.29, 0.717) is 24.0 Å². The number of carbonyl (C=O) groups is 1. The SMILES string of the molecule is COC(=O)C(C)CN1CCc2nc(-c3ccc(OCc4ccc(Cl)cc4)cc3)ncc2C1. The molecule has 1 aromatic heterocycles.